The number of hydrogen-bond acceptors (Lipinski definition) is 5. The van der Waals surface area contributed by atoms with Crippen molar-refractivity contribution in [1.29, 1.82) is 0 Å². The molecule has 7 nitrogen and oxygen atoms in total. The summed E-state index contributed by atoms with van der Waals surface area (Å²) < 4.78 is 10.8. The van der Waals surface area contributed by atoms with Gasteiger partial charge in [-0.05, 0) is 48.9 Å². The van der Waals surface area contributed by atoms with Gasteiger partial charge in [-0.1, -0.05) is 6.07 Å². The average molecular weight is 398 g/mol. The van der Waals surface area contributed by atoms with Crippen LogP contribution in [0.25, 0.3) is 0 Å². The molecule has 1 amide bonds. The van der Waals surface area contributed by atoms with Crippen molar-refractivity contribution >= 4 is 11.6 Å². The van der Waals surface area contributed by atoms with Gasteiger partial charge in [0.05, 0.1) is 26.2 Å². The van der Waals surface area contributed by atoms with E-state index in [1.807, 2.05) is 42.2 Å². The largest absolute Gasteiger partial charge is 0.508 e. The van der Waals surface area contributed by atoms with Crippen LogP contribution in [0.15, 0.2) is 42.5 Å². The lowest BCUT2D eigenvalue weighted by Crippen LogP contribution is -3.15. The molecule has 0 radical (unpaired) electrons. The fourth-order valence-electron chi connectivity index (χ4n) is 3.88. The van der Waals surface area contributed by atoms with E-state index < -0.39 is 0 Å². The molecule has 2 heterocycles. The number of rotatable bonds is 6. The number of benzene rings is 2. The Morgan fingerprint density at radius 3 is 2.55 bits per heavy atom. The number of phenols is 1. The molecular formula is C22H28N3O4+. The molecule has 1 saturated heterocycles. The molecule has 7 heteroatoms. The summed E-state index contributed by atoms with van der Waals surface area (Å²) in [5.74, 6) is 1.98. The zero-order chi connectivity index (χ0) is 20.2. The lowest BCUT2D eigenvalue weighted by molar-refractivity contribution is -0.892. The van der Waals surface area contributed by atoms with Gasteiger partial charge in [0.1, 0.15) is 5.75 Å². The van der Waals surface area contributed by atoms with Crippen LogP contribution in [0.3, 0.4) is 0 Å². The second-order valence-corrected chi connectivity index (χ2v) is 7.53. The predicted molar refractivity (Wildman–Crippen MR) is 110 cm³/mol. The number of carbonyl (C=O) groups excluding carboxylic acids is 1. The van der Waals surface area contributed by atoms with E-state index in [4.69, 9.17) is 9.47 Å². The van der Waals surface area contributed by atoms with Crippen LogP contribution in [0, 0.1) is 0 Å². The van der Waals surface area contributed by atoms with Crippen molar-refractivity contribution in [3.8, 4) is 17.2 Å². The molecule has 154 valence electrons. The summed E-state index contributed by atoms with van der Waals surface area (Å²) in [6.45, 7) is 7.71. The SMILES string of the molecule is CCN(Cc1ccc2c(c1)OCO2)C(=O)C[NH+]1CCN(c2ccc(O)cc2)CC1. The van der Waals surface area contributed by atoms with Crippen LogP contribution in [0.5, 0.6) is 17.2 Å². The smallest absolute Gasteiger partial charge is 0.278 e. The average Bonchev–Trinajstić information content (AvgIpc) is 3.21. The molecule has 4 rings (SSSR count). The highest BCUT2D eigenvalue weighted by atomic mass is 16.7. The molecule has 0 bridgehead atoms. The number of piperazine rings is 1. The number of nitrogens with zero attached hydrogens (tertiary/aromatic N) is 2. The van der Waals surface area contributed by atoms with E-state index >= 15 is 0 Å². The van der Waals surface area contributed by atoms with Gasteiger partial charge >= 0.3 is 0 Å². The van der Waals surface area contributed by atoms with Gasteiger partial charge in [0.15, 0.2) is 18.0 Å². The first-order valence-electron chi connectivity index (χ1n) is 10.2. The first kappa shape index (κ1) is 19.4. The highest BCUT2D eigenvalue weighted by Crippen LogP contribution is 2.32. The predicted octanol–water partition coefficient (Wildman–Crippen LogP) is 0.875. The van der Waals surface area contributed by atoms with Crippen molar-refractivity contribution in [1.82, 2.24) is 4.90 Å². The first-order chi connectivity index (χ1) is 14.1. The van der Waals surface area contributed by atoms with Gasteiger partial charge in [0.2, 0.25) is 6.79 Å². The van der Waals surface area contributed by atoms with Gasteiger partial charge in [-0.2, -0.15) is 0 Å². The number of phenolic OH excluding ortho intramolecular Hbond substituents is 1. The van der Waals surface area contributed by atoms with E-state index in [-0.39, 0.29) is 18.4 Å². The number of nitrogens with one attached hydrogen (secondary N) is 1. The van der Waals surface area contributed by atoms with Crippen molar-refractivity contribution in [3.63, 3.8) is 0 Å². The summed E-state index contributed by atoms with van der Waals surface area (Å²) in [4.78, 5) is 18.4. The van der Waals surface area contributed by atoms with Gasteiger partial charge in [0, 0.05) is 18.8 Å². The Bertz CT molecular complexity index is 848. The van der Waals surface area contributed by atoms with E-state index in [0.29, 0.717) is 19.6 Å². The van der Waals surface area contributed by atoms with Gasteiger partial charge < -0.3 is 29.3 Å². The standard InChI is InChI=1S/C22H27N3O4/c1-2-24(14-17-3-8-20-21(13-17)29-16-28-20)22(27)15-23-9-11-25(12-10-23)18-4-6-19(26)7-5-18/h3-8,13,26H,2,9-12,14-16H2,1H3/p+1. The second-order valence-electron chi connectivity index (χ2n) is 7.53. The van der Waals surface area contributed by atoms with Crippen LogP contribution in [0.1, 0.15) is 12.5 Å². The number of quaternary nitrogens is 1. The van der Waals surface area contributed by atoms with E-state index in [1.165, 1.54) is 4.90 Å². The molecule has 2 aromatic carbocycles. The number of amides is 1. The lowest BCUT2D eigenvalue weighted by Gasteiger charge is -2.34. The van der Waals surface area contributed by atoms with Crippen molar-refractivity contribution in [2.75, 3.05) is 51.0 Å². The minimum atomic E-state index is 0.179. The van der Waals surface area contributed by atoms with E-state index in [0.717, 1.165) is 48.9 Å². The minimum Gasteiger partial charge on any atom is -0.508 e. The van der Waals surface area contributed by atoms with Crippen LogP contribution in [0.4, 0.5) is 5.69 Å². The summed E-state index contributed by atoms with van der Waals surface area (Å²) in [7, 11) is 0. The topological polar surface area (TPSA) is 66.7 Å². The number of likely N-dealkylation sites (N-methyl/N-ethyl adjacent to an activating group) is 1. The monoisotopic (exact) mass is 398 g/mol. The van der Waals surface area contributed by atoms with E-state index in [9.17, 15) is 9.90 Å². The molecule has 29 heavy (non-hydrogen) atoms. The Morgan fingerprint density at radius 1 is 1.10 bits per heavy atom. The first-order valence-corrected chi connectivity index (χ1v) is 10.2. The Morgan fingerprint density at radius 2 is 1.83 bits per heavy atom. The molecule has 2 aromatic rings. The quantitative estimate of drug-likeness (QED) is 0.756. The Kier molecular flexibility index (Phi) is 5.76. The maximum Gasteiger partial charge on any atom is 0.278 e. The second kappa shape index (κ2) is 8.61. The number of anilines is 1. The normalized spacial score (nSPS) is 16.1. The molecule has 0 spiro atoms. The number of carbonyl (C=O) groups is 1. The highest BCUT2D eigenvalue weighted by Gasteiger charge is 2.25. The maximum absolute atomic E-state index is 12.9. The van der Waals surface area contributed by atoms with Crippen molar-refractivity contribution in [3.05, 3.63) is 48.0 Å². The molecule has 0 unspecified atom stereocenters. The number of ether oxygens (including phenoxy) is 2. The van der Waals surface area contributed by atoms with Crippen molar-refractivity contribution < 1.29 is 24.3 Å². The lowest BCUT2D eigenvalue weighted by atomic mass is 10.2. The van der Waals surface area contributed by atoms with Crippen LogP contribution in [-0.4, -0.2) is 62.0 Å². The van der Waals surface area contributed by atoms with Crippen molar-refractivity contribution in [2.24, 2.45) is 0 Å². The summed E-state index contributed by atoms with van der Waals surface area (Å²) >= 11 is 0. The molecule has 0 atom stereocenters. The molecule has 2 N–H and O–H groups in total. The third kappa shape index (κ3) is 4.56. The fraction of sp³-hybridized carbons (Fsp3) is 0.409. The van der Waals surface area contributed by atoms with Gasteiger partial charge in [-0.3, -0.25) is 4.79 Å². The van der Waals surface area contributed by atoms with Crippen LogP contribution >= 0.6 is 0 Å². The highest BCUT2D eigenvalue weighted by molar-refractivity contribution is 5.77. The Hall–Kier alpha value is -2.93. The third-order valence-electron chi connectivity index (χ3n) is 5.63. The zero-order valence-corrected chi connectivity index (χ0v) is 16.8. The number of fused-ring (bicyclic) bond motifs is 1. The zero-order valence-electron chi connectivity index (χ0n) is 16.8. The van der Waals surface area contributed by atoms with Gasteiger partial charge in [0.25, 0.3) is 5.91 Å². The van der Waals surface area contributed by atoms with Crippen LogP contribution < -0.4 is 19.3 Å². The van der Waals surface area contributed by atoms with Crippen LogP contribution in [0.2, 0.25) is 0 Å². The Balaban J connectivity index is 1.29. The van der Waals surface area contributed by atoms with Crippen molar-refractivity contribution in [2.45, 2.75) is 13.5 Å². The summed E-state index contributed by atoms with van der Waals surface area (Å²) in [6, 6.07) is 13.2. The summed E-state index contributed by atoms with van der Waals surface area (Å²) in [5.41, 5.74) is 2.17. The Labute approximate surface area is 171 Å². The molecular weight excluding hydrogens is 370 g/mol. The van der Waals surface area contributed by atoms with Gasteiger partial charge in [-0.15, -0.1) is 0 Å². The number of aromatic hydroxyl groups is 1. The summed E-state index contributed by atoms with van der Waals surface area (Å²) in [5, 5.41) is 9.45. The van der Waals surface area contributed by atoms with E-state index in [1.54, 1.807) is 12.1 Å². The summed E-state index contributed by atoms with van der Waals surface area (Å²) in [6.07, 6.45) is 0. The molecule has 2 aliphatic rings. The maximum atomic E-state index is 12.9. The minimum absolute atomic E-state index is 0.179. The third-order valence-corrected chi connectivity index (χ3v) is 5.63. The number of hydrogen-bond donors (Lipinski definition) is 2. The van der Waals surface area contributed by atoms with Gasteiger partial charge in [-0.25, -0.2) is 0 Å². The molecule has 0 aromatic heterocycles. The molecule has 2 aliphatic heterocycles. The molecule has 0 saturated carbocycles. The fourth-order valence-corrected chi connectivity index (χ4v) is 3.88. The van der Waals surface area contributed by atoms with E-state index in [2.05, 4.69) is 4.90 Å². The van der Waals surface area contributed by atoms with Crippen LogP contribution in [-0.2, 0) is 11.3 Å². The molecule has 1 fully saturated rings. The molecule has 0 aliphatic carbocycles.